The van der Waals surface area contributed by atoms with Crippen LogP contribution < -0.4 is 5.56 Å². The van der Waals surface area contributed by atoms with E-state index < -0.39 is 5.82 Å². The number of halogens is 2. The van der Waals surface area contributed by atoms with E-state index in [1.54, 1.807) is 16.8 Å². The molecule has 0 radical (unpaired) electrons. The van der Waals surface area contributed by atoms with Crippen molar-refractivity contribution in [3.05, 3.63) is 58.4 Å². The Morgan fingerprint density at radius 1 is 1.22 bits per heavy atom. The molecule has 90 valence electrons. The van der Waals surface area contributed by atoms with Gasteiger partial charge >= 0.3 is 0 Å². The van der Waals surface area contributed by atoms with E-state index in [-0.39, 0.29) is 16.4 Å². The summed E-state index contributed by atoms with van der Waals surface area (Å²) in [6.45, 7) is 0. The third-order valence-electron chi connectivity index (χ3n) is 2.52. The minimum absolute atomic E-state index is 0.228. The average molecular weight is 265 g/mol. The van der Waals surface area contributed by atoms with E-state index in [0.29, 0.717) is 5.69 Å². The molecule has 3 heterocycles. The highest BCUT2D eigenvalue weighted by Gasteiger charge is 2.08. The minimum Gasteiger partial charge on any atom is -0.301 e. The van der Waals surface area contributed by atoms with Gasteiger partial charge in [0.05, 0.1) is 11.9 Å². The predicted molar refractivity (Wildman–Crippen MR) is 63.6 cm³/mol. The van der Waals surface area contributed by atoms with Crippen molar-refractivity contribution in [3.8, 4) is 5.69 Å². The van der Waals surface area contributed by atoms with Gasteiger partial charge in [0.2, 0.25) is 5.65 Å². The van der Waals surface area contributed by atoms with E-state index in [4.69, 9.17) is 11.6 Å². The zero-order valence-corrected chi connectivity index (χ0v) is 9.67. The molecule has 0 bridgehead atoms. The number of fused-ring (bicyclic) bond motifs is 1. The molecule has 7 heteroatoms. The maximum absolute atomic E-state index is 13.3. The maximum Gasteiger partial charge on any atom is 0.298 e. The fourth-order valence-corrected chi connectivity index (χ4v) is 1.76. The fourth-order valence-electron chi connectivity index (χ4n) is 1.66. The van der Waals surface area contributed by atoms with Crippen LogP contribution in [0.25, 0.3) is 11.3 Å². The number of rotatable bonds is 1. The Labute approximate surface area is 105 Å². The average Bonchev–Trinajstić information content (AvgIpc) is 2.83. The molecule has 0 fully saturated rings. The third-order valence-corrected chi connectivity index (χ3v) is 2.79. The molecule has 0 atom stereocenters. The zero-order chi connectivity index (χ0) is 12.7. The molecule has 0 saturated carbocycles. The van der Waals surface area contributed by atoms with Gasteiger partial charge in [-0.05, 0) is 0 Å². The second-order valence-electron chi connectivity index (χ2n) is 3.60. The van der Waals surface area contributed by atoms with Crippen LogP contribution in [0.15, 0.2) is 41.8 Å². The first-order valence-corrected chi connectivity index (χ1v) is 5.40. The maximum atomic E-state index is 13.3. The van der Waals surface area contributed by atoms with Crippen LogP contribution in [0.5, 0.6) is 0 Å². The van der Waals surface area contributed by atoms with Crippen LogP contribution in [0, 0.1) is 5.82 Å². The highest BCUT2D eigenvalue weighted by Crippen LogP contribution is 2.14. The van der Waals surface area contributed by atoms with Gasteiger partial charge in [-0.15, -0.1) is 0 Å². The lowest BCUT2D eigenvalue weighted by atomic mass is 10.4. The molecule has 3 rings (SSSR count). The molecule has 3 aromatic heterocycles. The number of hydrogen-bond acceptors (Lipinski definition) is 3. The Balaban J connectivity index is 2.28. The van der Waals surface area contributed by atoms with E-state index in [1.807, 2.05) is 0 Å². The summed E-state index contributed by atoms with van der Waals surface area (Å²) in [6, 6.07) is 1.15. The van der Waals surface area contributed by atoms with Crippen molar-refractivity contribution in [3.63, 3.8) is 0 Å². The van der Waals surface area contributed by atoms with Crippen molar-refractivity contribution in [1.82, 2.24) is 18.9 Å². The van der Waals surface area contributed by atoms with Gasteiger partial charge in [0.25, 0.3) is 5.56 Å². The van der Waals surface area contributed by atoms with Gasteiger partial charge < -0.3 is 4.40 Å². The highest BCUT2D eigenvalue weighted by molar-refractivity contribution is 6.29. The van der Waals surface area contributed by atoms with Gasteiger partial charge in [0.15, 0.2) is 11.0 Å². The van der Waals surface area contributed by atoms with Gasteiger partial charge in [-0.3, -0.25) is 9.36 Å². The van der Waals surface area contributed by atoms with Crippen LogP contribution in [-0.2, 0) is 0 Å². The van der Waals surface area contributed by atoms with Crippen LogP contribution >= 0.6 is 11.6 Å². The quantitative estimate of drug-likeness (QED) is 0.628. The molecular weight excluding hydrogens is 259 g/mol. The summed E-state index contributed by atoms with van der Waals surface area (Å²) < 4.78 is 16.2. The fraction of sp³-hybridized carbons (Fsp3) is 0. The SMILES string of the molecule is O=c1c2nccn2ccn1-c1cnc(Cl)c(F)c1. The Hall–Kier alpha value is -2.21. The van der Waals surface area contributed by atoms with Crippen LogP contribution in [0.1, 0.15) is 0 Å². The first-order chi connectivity index (χ1) is 8.66. The predicted octanol–water partition coefficient (Wildman–Crippen LogP) is 1.67. The summed E-state index contributed by atoms with van der Waals surface area (Å²) in [5, 5.41) is -0.228. The highest BCUT2D eigenvalue weighted by atomic mass is 35.5. The van der Waals surface area contributed by atoms with E-state index in [2.05, 4.69) is 9.97 Å². The van der Waals surface area contributed by atoms with Gasteiger partial charge in [0.1, 0.15) is 0 Å². The first kappa shape index (κ1) is 10.9. The lowest BCUT2D eigenvalue weighted by Gasteiger charge is -2.05. The second-order valence-corrected chi connectivity index (χ2v) is 3.96. The summed E-state index contributed by atoms with van der Waals surface area (Å²) in [4.78, 5) is 19.7. The molecule has 0 amide bonds. The topological polar surface area (TPSA) is 52.2 Å². The van der Waals surface area contributed by atoms with Crippen molar-refractivity contribution >= 4 is 17.2 Å². The Morgan fingerprint density at radius 3 is 2.83 bits per heavy atom. The monoisotopic (exact) mass is 264 g/mol. The van der Waals surface area contributed by atoms with Crippen molar-refractivity contribution < 1.29 is 4.39 Å². The molecule has 0 unspecified atom stereocenters. The molecule has 0 N–H and O–H groups in total. The second kappa shape index (κ2) is 3.92. The van der Waals surface area contributed by atoms with Gasteiger partial charge in [-0.25, -0.2) is 14.4 Å². The molecule has 0 saturated heterocycles. The third kappa shape index (κ3) is 1.58. The Bertz CT molecular complexity index is 795. The van der Waals surface area contributed by atoms with Gasteiger partial charge in [-0.2, -0.15) is 0 Å². The molecule has 18 heavy (non-hydrogen) atoms. The van der Waals surface area contributed by atoms with Crippen molar-refractivity contribution in [2.24, 2.45) is 0 Å². The minimum atomic E-state index is -0.677. The van der Waals surface area contributed by atoms with Crippen molar-refractivity contribution in [2.75, 3.05) is 0 Å². The van der Waals surface area contributed by atoms with Crippen LogP contribution in [0.3, 0.4) is 0 Å². The lowest BCUT2D eigenvalue weighted by molar-refractivity contribution is 0.620. The lowest BCUT2D eigenvalue weighted by Crippen LogP contribution is -2.20. The Morgan fingerprint density at radius 2 is 2.06 bits per heavy atom. The van der Waals surface area contributed by atoms with Crippen molar-refractivity contribution in [2.45, 2.75) is 0 Å². The van der Waals surface area contributed by atoms with E-state index in [9.17, 15) is 9.18 Å². The molecule has 3 aromatic rings. The smallest absolute Gasteiger partial charge is 0.298 e. The van der Waals surface area contributed by atoms with Crippen LogP contribution in [-0.4, -0.2) is 18.9 Å². The normalized spacial score (nSPS) is 11.0. The zero-order valence-electron chi connectivity index (χ0n) is 8.92. The summed E-state index contributed by atoms with van der Waals surface area (Å²) in [6.07, 6.45) is 7.66. The molecule has 5 nitrogen and oxygen atoms in total. The summed E-state index contributed by atoms with van der Waals surface area (Å²) in [7, 11) is 0. The van der Waals surface area contributed by atoms with Crippen LogP contribution in [0.4, 0.5) is 4.39 Å². The largest absolute Gasteiger partial charge is 0.301 e. The number of nitrogens with zero attached hydrogens (tertiary/aromatic N) is 4. The standard InChI is InChI=1S/C11H6ClFN4O/c12-9-8(13)5-7(6-15-9)17-4-3-16-2-1-14-10(16)11(17)18/h1-6H. The van der Waals surface area contributed by atoms with Crippen LogP contribution in [0.2, 0.25) is 5.15 Å². The number of aromatic nitrogens is 4. The molecule has 0 aliphatic rings. The summed E-state index contributed by atoms with van der Waals surface area (Å²) in [5.41, 5.74) is 0.200. The van der Waals surface area contributed by atoms with E-state index >= 15 is 0 Å². The van der Waals surface area contributed by atoms with Gasteiger partial charge in [0, 0.05) is 30.9 Å². The van der Waals surface area contributed by atoms with Crippen molar-refractivity contribution in [1.29, 1.82) is 0 Å². The number of imidazole rings is 1. The number of hydrogen-bond donors (Lipinski definition) is 0. The molecule has 0 aliphatic carbocycles. The first-order valence-electron chi connectivity index (χ1n) is 5.02. The molecular formula is C11H6ClFN4O. The van der Waals surface area contributed by atoms with E-state index in [1.165, 1.54) is 23.2 Å². The molecule has 0 aliphatic heterocycles. The number of pyridine rings is 1. The van der Waals surface area contributed by atoms with Gasteiger partial charge in [-0.1, -0.05) is 11.6 Å². The summed E-state index contributed by atoms with van der Waals surface area (Å²) >= 11 is 5.50. The van der Waals surface area contributed by atoms with E-state index in [0.717, 1.165) is 6.07 Å². The summed E-state index contributed by atoms with van der Waals surface area (Å²) in [5.74, 6) is -0.677. The Kier molecular flexibility index (Phi) is 2.38. The molecule has 0 aromatic carbocycles. The molecule has 0 spiro atoms.